The molecule has 1 saturated heterocycles. The van der Waals surface area contributed by atoms with E-state index >= 15 is 0 Å². The van der Waals surface area contributed by atoms with Crippen LogP contribution in [0.5, 0.6) is 0 Å². The number of rotatable bonds is 7. The van der Waals surface area contributed by atoms with Crippen molar-refractivity contribution in [2.45, 2.75) is 62.8 Å². The predicted octanol–water partition coefficient (Wildman–Crippen LogP) is 4.38. The molecule has 1 aliphatic heterocycles. The van der Waals surface area contributed by atoms with E-state index in [0.29, 0.717) is 17.8 Å². The van der Waals surface area contributed by atoms with Crippen molar-refractivity contribution >= 4 is 27.3 Å². The second kappa shape index (κ2) is 9.40. The van der Waals surface area contributed by atoms with Crippen LogP contribution in [0.2, 0.25) is 0 Å². The molecule has 0 saturated carbocycles. The van der Waals surface area contributed by atoms with Crippen LogP contribution in [0.15, 0.2) is 47.4 Å². The quantitative estimate of drug-likeness (QED) is 0.668. The van der Waals surface area contributed by atoms with E-state index in [1.54, 1.807) is 12.1 Å². The maximum absolute atomic E-state index is 13.6. The number of carbonyl (C=O) groups excluding carboxylic acids is 1. The molecule has 0 radical (unpaired) electrons. The number of hydrogen-bond acceptors (Lipinski definition) is 4. The summed E-state index contributed by atoms with van der Waals surface area (Å²) in [5, 5.41) is 2.84. The van der Waals surface area contributed by atoms with Gasteiger partial charge in [-0.15, -0.1) is 0 Å². The van der Waals surface area contributed by atoms with E-state index in [-0.39, 0.29) is 16.8 Å². The summed E-state index contributed by atoms with van der Waals surface area (Å²) in [6.07, 6.45) is 5.97. The van der Waals surface area contributed by atoms with Crippen LogP contribution in [0, 0.1) is 0 Å². The Bertz CT molecular complexity index is 1050. The monoisotopic (exact) mass is 441 g/mol. The molecule has 2 aliphatic rings. The van der Waals surface area contributed by atoms with Gasteiger partial charge in [-0.05, 0) is 67.9 Å². The largest absolute Gasteiger partial charge is 0.370 e. The first-order valence-electron chi connectivity index (χ1n) is 11.3. The molecule has 7 heteroatoms. The van der Waals surface area contributed by atoms with Crippen LogP contribution >= 0.6 is 0 Å². The van der Waals surface area contributed by atoms with Crippen molar-refractivity contribution < 1.29 is 13.2 Å². The molecule has 1 amide bonds. The van der Waals surface area contributed by atoms with Crippen molar-refractivity contribution in [3.05, 3.63) is 53.6 Å². The van der Waals surface area contributed by atoms with Crippen molar-refractivity contribution in [1.29, 1.82) is 0 Å². The first-order valence-corrected chi connectivity index (χ1v) is 12.8. The van der Waals surface area contributed by atoms with Crippen LogP contribution in [0.3, 0.4) is 0 Å². The number of aryl methyl sites for hydroxylation is 1. The van der Waals surface area contributed by atoms with Crippen molar-refractivity contribution in [2.75, 3.05) is 23.3 Å². The number of carbonyl (C=O) groups is 1. The lowest BCUT2D eigenvalue weighted by Gasteiger charge is -2.28. The molecule has 0 unspecified atom stereocenters. The first-order chi connectivity index (χ1) is 15.0. The fourth-order valence-electron chi connectivity index (χ4n) is 4.60. The Balaban J connectivity index is 1.67. The second-order valence-corrected chi connectivity index (χ2v) is 10.1. The highest BCUT2D eigenvalue weighted by Crippen LogP contribution is 2.35. The van der Waals surface area contributed by atoms with E-state index in [0.717, 1.165) is 57.2 Å². The highest BCUT2D eigenvalue weighted by atomic mass is 32.2. The van der Waals surface area contributed by atoms with E-state index in [1.807, 2.05) is 31.2 Å². The zero-order valence-electron chi connectivity index (χ0n) is 18.1. The molecule has 1 fully saturated rings. The summed E-state index contributed by atoms with van der Waals surface area (Å²) in [5.74, 6) is -0.103. The van der Waals surface area contributed by atoms with Gasteiger partial charge < -0.3 is 10.2 Å². The molecule has 0 spiro atoms. The summed E-state index contributed by atoms with van der Waals surface area (Å²) in [6.45, 7) is 3.63. The molecule has 31 heavy (non-hydrogen) atoms. The maximum Gasteiger partial charge on any atom is 0.243 e. The van der Waals surface area contributed by atoms with Crippen molar-refractivity contribution in [1.82, 2.24) is 4.72 Å². The van der Waals surface area contributed by atoms with E-state index in [1.165, 1.54) is 5.56 Å². The third kappa shape index (κ3) is 4.93. The summed E-state index contributed by atoms with van der Waals surface area (Å²) in [6, 6.07) is 13.1. The topological polar surface area (TPSA) is 78.5 Å². The minimum Gasteiger partial charge on any atom is -0.370 e. The fraction of sp³-hybridized carbons (Fsp3) is 0.458. The van der Waals surface area contributed by atoms with Crippen molar-refractivity contribution in [2.24, 2.45) is 0 Å². The van der Waals surface area contributed by atoms with Crippen LogP contribution in [0.4, 0.5) is 11.4 Å². The number of hydrogen-bond donors (Lipinski definition) is 2. The lowest BCUT2D eigenvalue weighted by atomic mass is 9.88. The summed E-state index contributed by atoms with van der Waals surface area (Å²) < 4.78 is 30.2. The third-order valence-electron chi connectivity index (χ3n) is 6.12. The third-order valence-corrected chi connectivity index (χ3v) is 7.62. The van der Waals surface area contributed by atoms with Gasteiger partial charge in [0.25, 0.3) is 0 Å². The number of nitrogens with one attached hydrogen (secondary N) is 2. The zero-order valence-corrected chi connectivity index (χ0v) is 18.9. The molecule has 1 aliphatic carbocycles. The Morgan fingerprint density at radius 3 is 2.65 bits per heavy atom. The molecular formula is C24H31N3O3S. The number of amides is 1. The molecule has 166 valence electrons. The molecule has 2 N–H and O–H groups in total. The Morgan fingerprint density at radius 2 is 1.87 bits per heavy atom. The van der Waals surface area contributed by atoms with Gasteiger partial charge in [-0.1, -0.05) is 31.2 Å². The van der Waals surface area contributed by atoms with E-state index in [4.69, 9.17) is 0 Å². The molecule has 1 heterocycles. The van der Waals surface area contributed by atoms with Gasteiger partial charge in [0, 0.05) is 31.2 Å². The van der Waals surface area contributed by atoms with Gasteiger partial charge in [-0.25, -0.2) is 13.1 Å². The number of sulfonamides is 1. The first kappa shape index (κ1) is 21.8. The molecule has 0 aromatic heterocycles. The minimum atomic E-state index is -3.78. The average molecular weight is 442 g/mol. The summed E-state index contributed by atoms with van der Waals surface area (Å²) in [7, 11) is -3.78. The summed E-state index contributed by atoms with van der Waals surface area (Å²) in [5.41, 5.74) is 3.50. The summed E-state index contributed by atoms with van der Waals surface area (Å²) >= 11 is 0. The molecule has 2 aromatic carbocycles. The van der Waals surface area contributed by atoms with E-state index < -0.39 is 10.0 Å². The number of nitrogens with zero attached hydrogens (tertiary/aromatic N) is 1. The van der Waals surface area contributed by atoms with Gasteiger partial charge >= 0.3 is 0 Å². The van der Waals surface area contributed by atoms with Gasteiger partial charge in [0.1, 0.15) is 4.90 Å². The molecule has 2 aromatic rings. The maximum atomic E-state index is 13.6. The van der Waals surface area contributed by atoms with Gasteiger partial charge in [0.15, 0.2) is 0 Å². The van der Waals surface area contributed by atoms with Gasteiger partial charge in [-0.2, -0.15) is 0 Å². The van der Waals surface area contributed by atoms with Crippen LogP contribution in [-0.2, 0) is 21.2 Å². The molecule has 4 rings (SSSR count). The molecule has 1 atom stereocenters. The van der Waals surface area contributed by atoms with Gasteiger partial charge in [0.2, 0.25) is 15.9 Å². The Labute approximate surface area is 185 Å². The molecular weight excluding hydrogens is 410 g/mol. The van der Waals surface area contributed by atoms with Crippen LogP contribution in [0.25, 0.3) is 0 Å². The lowest BCUT2D eigenvalue weighted by Crippen LogP contribution is -2.32. The van der Waals surface area contributed by atoms with Crippen LogP contribution in [0.1, 0.15) is 62.6 Å². The number of fused-ring (bicyclic) bond motifs is 1. The highest BCUT2D eigenvalue weighted by Gasteiger charge is 2.29. The Kier molecular flexibility index (Phi) is 6.62. The minimum absolute atomic E-state index is 0.103. The average Bonchev–Trinajstić information content (AvgIpc) is 3.29. The molecule has 0 bridgehead atoms. The smallest absolute Gasteiger partial charge is 0.243 e. The predicted molar refractivity (Wildman–Crippen MR) is 124 cm³/mol. The van der Waals surface area contributed by atoms with Crippen LogP contribution in [-0.4, -0.2) is 27.4 Å². The normalized spacial score (nSPS) is 18.6. The SMILES string of the molecule is CCCC(=O)Nc1ccc(N2CCCC2)c(S(=O)(=O)N[C@H]2CCCc3ccccc32)c1. The highest BCUT2D eigenvalue weighted by molar-refractivity contribution is 7.89. The van der Waals surface area contributed by atoms with Crippen molar-refractivity contribution in [3.63, 3.8) is 0 Å². The van der Waals surface area contributed by atoms with E-state index in [2.05, 4.69) is 21.0 Å². The summed E-state index contributed by atoms with van der Waals surface area (Å²) in [4.78, 5) is 14.5. The standard InChI is InChI=1S/C24H31N3O3S/c1-2-8-24(28)25-19-13-14-22(27-15-5-6-16-27)23(17-19)31(29,30)26-21-12-7-10-18-9-3-4-11-20(18)21/h3-4,9,11,13-14,17,21,26H,2,5-8,10,12,15-16H2,1H3,(H,25,28)/t21-/m0/s1. The fourth-order valence-corrected chi connectivity index (χ4v) is 6.11. The van der Waals surface area contributed by atoms with E-state index in [9.17, 15) is 13.2 Å². The Hall–Kier alpha value is -2.38. The van der Waals surface area contributed by atoms with Crippen LogP contribution < -0.4 is 14.9 Å². The van der Waals surface area contributed by atoms with Gasteiger partial charge in [-0.3, -0.25) is 4.79 Å². The molecule has 6 nitrogen and oxygen atoms in total. The van der Waals surface area contributed by atoms with Gasteiger partial charge in [0.05, 0.1) is 5.69 Å². The number of anilines is 2. The lowest BCUT2D eigenvalue weighted by molar-refractivity contribution is -0.116. The van der Waals surface area contributed by atoms with Crippen molar-refractivity contribution in [3.8, 4) is 0 Å². The zero-order chi connectivity index (χ0) is 21.8. The number of benzene rings is 2. The second-order valence-electron chi connectivity index (χ2n) is 8.44. The Morgan fingerprint density at radius 1 is 1.10 bits per heavy atom.